The van der Waals surface area contributed by atoms with E-state index < -0.39 is 0 Å². The van der Waals surface area contributed by atoms with Gasteiger partial charge in [0, 0.05) is 6.07 Å². The molecule has 0 fully saturated rings. The van der Waals surface area contributed by atoms with E-state index in [1.165, 1.54) is 0 Å². The molecule has 0 aliphatic heterocycles. The zero-order valence-corrected chi connectivity index (χ0v) is 10.7. The second-order valence-electron chi connectivity index (χ2n) is 4.37. The van der Waals surface area contributed by atoms with Crippen molar-refractivity contribution in [3.05, 3.63) is 53.4 Å². The summed E-state index contributed by atoms with van der Waals surface area (Å²) in [4.78, 5) is 11.9. The van der Waals surface area contributed by atoms with Crippen LogP contribution < -0.4 is 5.32 Å². The van der Waals surface area contributed by atoms with Gasteiger partial charge in [0.15, 0.2) is 5.69 Å². The number of hydrogen-bond donors (Lipinski definition) is 2. The third-order valence-corrected chi connectivity index (χ3v) is 2.74. The van der Waals surface area contributed by atoms with Crippen LogP contribution in [0.5, 0.6) is 0 Å². The molecule has 0 aliphatic rings. The predicted octanol–water partition coefficient (Wildman–Crippen LogP) is 1.32. The zero-order valence-electron chi connectivity index (χ0n) is 10.7. The van der Waals surface area contributed by atoms with Gasteiger partial charge in [-0.05, 0) is 18.9 Å². The lowest BCUT2D eigenvalue weighted by atomic mass is 10.1. The maximum atomic E-state index is 11.9. The molecule has 0 aliphatic carbocycles. The first-order valence-electron chi connectivity index (χ1n) is 6.08. The molecule has 0 spiro atoms. The van der Waals surface area contributed by atoms with Crippen LogP contribution in [-0.2, 0) is 6.42 Å². The van der Waals surface area contributed by atoms with Crippen molar-refractivity contribution in [2.24, 2.45) is 0 Å². The molecule has 5 nitrogen and oxygen atoms in total. The summed E-state index contributed by atoms with van der Waals surface area (Å²) in [5, 5.41) is 15.7. The standard InChI is InChI=1S/C14H16N2O3/c1-10-7-13(16-19-10)14(18)15-12(9-17)8-11-5-3-2-4-6-11/h2-7,12,17H,8-9H2,1H3,(H,15,18). The van der Waals surface area contributed by atoms with Crippen LogP contribution in [0.15, 0.2) is 40.9 Å². The van der Waals surface area contributed by atoms with Crippen LogP contribution >= 0.6 is 0 Å². The van der Waals surface area contributed by atoms with Crippen LogP contribution in [-0.4, -0.2) is 28.8 Å². The van der Waals surface area contributed by atoms with Crippen LogP contribution in [0.1, 0.15) is 21.8 Å². The van der Waals surface area contributed by atoms with Crippen LogP contribution in [0.25, 0.3) is 0 Å². The van der Waals surface area contributed by atoms with Crippen molar-refractivity contribution in [3.63, 3.8) is 0 Å². The molecule has 0 saturated heterocycles. The maximum Gasteiger partial charge on any atom is 0.273 e. The minimum absolute atomic E-state index is 0.128. The Kier molecular flexibility index (Phi) is 4.30. The Bertz CT molecular complexity index is 537. The smallest absolute Gasteiger partial charge is 0.273 e. The molecule has 19 heavy (non-hydrogen) atoms. The molecule has 0 saturated carbocycles. The lowest BCUT2D eigenvalue weighted by Gasteiger charge is -2.15. The summed E-state index contributed by atoms with van der Waals surface area (Å²) < 4.78 is 4.85. The van der Waals surface area contributed by atoms with Gasteiger partial charge in [-0.25, -0.2) is 0 Å². The number of carbonyl (C=O) groups is 1. The quantitative estimate of drug-likeness (QED) is 0.850. The van der Waals surface area contributed by atoms with E-state index in [1.807, 2.05) is 30.3 Å². The van der Waals surface area contributed by atoms with Crippen LogP contribution in [0.3, 0.4) is 0 Å². The molecule has 1 amide bonds. The summed E-state index contributed by atoms with van der Waals surface area (Å²) in [6, 6.07) is 10.9. The van der Waals surface area contributed by atoms with Gasteiger partial charge in [0.05, 0.1) is 12.6 Å². The summed E-state index contributed by atoms with van der Waals surface area (Å²) in [5.41, 5.74) is 1.28. The van der Waals surface area contributed by atoms with Crippen molar-refractivity contribution in [1.82, 2.24) is 10.5 Å². The normalized spacial score (nSPS) is 12.1. The minimum atomic E-state index is -0.341. The summed E-state index contributed by atoms with van der Waals surface area (Å²) in [6.07, 6.45) is 0.569. The van der Waals surface area contributed by atoms with Gasteiger partial charge < -0.3 is 14.9 Å². The number of aliphatic hydroxyl groups excluding tert-OH is 1. The van der Waals surface area contributed by atoms with Crippen molar-refractivity contribution in [1.29, 1.82) is 0 Å². The Labute approximate surface area is 111 Å². The Balaban J connectivity index is 1.97. The highest BCUT2D eigenvalue weighted by atomic mass is 16.5. The molecule has 100 valence electrons. The van der Waals surface area contributed by atoms with Gasteiger partial charge >= 0.3 is 0 Å². The van der Waals surface area contributed by atoms with Gasteiger partial charge in [0.2, 0.25) is 0 Å². The van der Waals surface area contributed by atoms with Gasteiger partial charge in [0.25, 0.3) is 5.91 Å². The average molecular weight is 260 g/mol. The third kappa shape index (κ3) is 3.66. The number of nitrogens with one attached hydrogen (secondary N) is 1. The fraction of sp³-hybridized carbons (Fsp3) is 0.286. The van der Waals surface area contributed by atoms with Crippen molar-refractivity contribution in [2.45, 2.75) is 19.4 Å². The summed E-state index contributed by atoms with van der Waals surface area (Å²) in [5.74, 6) is 0.237. The zero-order chi connectivity index (χ0) is 13.7. The molecule has 2 aromatic rings. The SMILES string of the molecule is Cc1cc(C(=O)NC(CO)Cc2ccccc2)no1. The molecule has 0 bridgehead atoms. The maximum absolute atomic E-state index is 11.9. The number of nitrogens with zero attached hydrogens (tertiary/aromatic N) is 1. The van der Waals surface area contributed by atoms with Gasteiger partial charge in [-0.15, -0.1) is 0 Å². The van der Waals surface area contributed by atoms with Crippen LogP contribution in [0.4, 0.5) is 0 Å². The van der Waals surface area contributed by atoms with E-state index in [0.29, 0.717) is 12.2 Å². The molecule has 1 aromatic carbocycles. The Morgan fingerprint density at radius 1 is 1.42 bits per heavy atom. The molecule has 1 aromatic heterocycles. The van der Waals surface area contributed by atoms with E-state index in [4.69, 9.17) is 4.52 Å². The Morgan fingerprint density at radius 3 is 2.74 bits per heavy atom. The summed E-state index contributed by atoms with van der Waals surface area (Å²) in [6.45, 7) is 1.59. The molecule has 2 N–H and O–H groups in total. The molecule has 5 heteroatoms. The molecular weight excluding hydrogens is 244 g/mol. The number of amides is 1. The molecular formula is C14H16N2O3. The molecule has 1 unspecified atom stereocenters. The first-order valence-corrected chi connectivity index (χ1v) is 6.08. The minimum Gasteiger partial charge on any atom is -0.394 e. The van der Waals surface area contributed by atoms with E-state index in [0.717, 1.165) is 5.56 Å². The average Bonchev–Trinajstić information content (AvgIpc) is 2.86. The fourth-order valence-electron chi connectivity index (χ4n) is 1.79. The Morgan fingerprint density at radius 2 is 2.16 bits per heavy atom. The molecule has 1 atom stereocenters. The Hall–Kier alpha value is -2.14. The largest absolute Gasteiger partial charge is 0.394 e. The summed E-state index contributed by atoms with van der Waals surface area (Å²) >= 11 is 0. The number of hydrogen-bond acceptors (Lipinski definition) is 4. The highest BCUT2D eigenvalue weighted by molar-refractivity contribution is 5.92. The van der Waals surface area contributed by atoms with E-state index in [9.17, 15) is 9.90 Å². The number of rotatable bonds is 5. The number of carbonyl (C=O) groups excluding carboxylic acids is 1. The van der Waals surface area contributed by atoms with E-state index in [1.54, 1.807) is 13.0 Å². The van der Waals surface area contributed by atoms with Crippen LogP contribution in [0, 0.1) is 6.92 Å². The predicted molar refractivity (Wildman–Crippen MR) is 69.7 cm³/mol. The van der Waals surface area contributed by atoms with Gasteiger partial charge in [-0.3, -0.25) is 4.79 Å². The van der Waals surface area contributed by atoms with Crippen molar-refractivity contribution in [2.75, 3.05) is 6.61 Å². The van der Waals surface area contributed by atoms with E-state index >= 15 is 0 Å². The fourth-order valence-corrected chi connectivity index (χ4v) is 1.79. The topological polar surface area (TPSA) is 75.4 Å². The van der Waals surface area contributed by atoms with E-state index in [-0.39, 0.29) is 24.2 Å². The number of benzene rings is 1. The highest BCUT2D eigenvalue weighted by Crippen LogP contribution is 2.05. The molecule has 2 rings (SSSR count). The van der Waals surface area contributed by atoms with Crippen LogP contribution in [0.2, 0.25) is 0 Å². The van der Waals surface area contributed by atoms with E-state index in [2.05, 4.69) is 10.5 Å². The number of aliphatic hydroxyl groups is 1. The number of aryl methyl sites for hydroxylation is 1. The van der Waals surface area contributed by atoms with Gasteiger partial charge in [-0.2, -0.15) is 0 Å². The second kappa shape index (κ2) is 6.15. The lowest BCUT2D eigenvalue weighted by Crippen LogP contribution is -2.39. The van der Waals surface area contributed by atoms with Gasteiger partial charge in [-0.1, -0.05) is 35.5 Å². The molecule has 0 radical (unpaired) electrons. The van der Waals surface area contributed by atoms with Gasteiger partial charge in [0.1, 0.15) is 5.76 Å². The first kappa shape index (κ1) is 13.3. The van der Waals surface area contributed by atoms with Crippen molar-refractivity contribution in [3.8, 4) is 0 Å². The van der Waals surface area contributed by atoms with Crippen molar-refractivity contribution < 1.29 is 14.4 Å². The lowest BCUT2D eigenvalue weighted by molar-refractivity contribution is 0.0907. The van der Waals surface area contributed by atoms with Crippen molar-refractivity contribution >= 4 is 5.91 Å². The number of aromatic nitrogens is 1. The third-order valence-electron chi connectivity index (χ3n) is 2.74. The molecule has 1 heterocycles. The first-order chi connectivity index (χ1) is 9.19. The summed E-state index contributed by atoms with van der Waals surface area (Å²) in [7, 11) is 0. The highest BCUT2D eigenvalue weighted by Gasteiger charge is 2.16. The monoisotopic (exact) mass is 260 g/mol. The second-order valence-corrected chi connectivity index (χ2v) is 4.37.